The highest BCUT2D eigenvalue weighted by Crippen LogP contribution is 2.24. The van der Waals surface area contributed by atoms with Gasteiger partial charge in [-0.15, -0.1) is 11.3 Å². The number of halogens is 3. The molecule has 0 radical (unpaired) electrons. The number of nitrogens with one attached hydrogen (secondary N) is 1. The van der Waals surface area contributed by atoms with Crippen LogP contribution in [0.1, 0.15) is 26.0 Å². The molecule has 1 unspecified atom stereocenters. The molecule has 0 amide bonds. The average molecular weight is 238 g/mol. The fourth-order valence-corrected chi connectivity index (χ4v) is 2.05. The minimum Gasteiger partial charge on any atom is -0.359 e. The van der Waals surface area contributed by atoms with Gasteiger partial charge < -0.3 is 5.32 Å². The highest BCUT2D eigenvalue weighted by Gasteiger charge is 2.30. The van der Waals surface area contributed by atoms with Crippen molar-refractivity contribution in [3.05, 3.63) is 11.1 Å². The molecule has 0 aliphatic heterocycles. The molecule has 86 valence electrons. The molecule has 1 rings (SSSR count). The van der Waals surface area contributed by atoms with Crippen LogP contribution in [0.4, 0.5) is 18.3 Å². The first-order valence-corrected chi connectivity index (χ1v) is 5.56. The Morgan fingerprint density at radius 1 is 1.53 bits per heavy atom. The molecule has 0 aliphatic carbocycles. The SMILES string of the molecule is CCc1csc(NC(C)CC(F)(F)F)n1. The Hall–Kier alpha value is -0.780. The van der Waals surface area contributed by atoms with Crippen LogP contribution in [0.25, 0.3) is 0 Å². The van der Waals surface area contributed by atoms with E-state index in [0.717, 1.165) is 12.1 Å². The molecule has 15 heavy (non-hydrogen) atoms. The van der Waals surface area contributed by atoms with E-state index in [2.05, 4.69) is 10.3 Å². The maximum atomic E-state index is 12.0. The summed E-state index contributed by atoms with van der Waals surface area (Å²) in [5.41, 5.74) is 0.904. The van der Waals surface area contributed by atoms with Gasteiger partial charge >= 0.3 is 6.18 Å². The van der Waals surface area contributed by atoms with Crippen LogP contribution in [0.3, 0.4) is 0 Å². The Kier molecular flexibility index (Phi) is 3.96. The third-order valence-corrected chi connectivity index (χ3v) is 2.64. The van der Waals surface area contributed by atoms with Crippen molar-refractivity contribution in [2.75, 3.05) is 5.32 Å². The van der Waals surface area contributed by atoms with Gasteiger partial charge in [0, 0.05) is 11.4 Å². The molecule has 0 saturated heterocycles. The average Bonchev–Trinajstić information content (AvgIpc) is 2.48. The van der Waals surface area contributed by atoms with Gasteiger partial charge in [0.05, 0.1) is 12.1 Å². The number of aryl methyl sites for hydroxylation is 1. The van der Waals surface area contributed by atoms with Crippen molar-refractivity contribution >= 4 is 16.5 Å². The summed E-state index contributed by atoms with van der Waals surface area (Å²) < 4.78 is 36.1. The van der Waals surface area contributed by atoms with Crippen molar-refractivity contribution in [2.24, 2.45) is 0 Å². The zero-order chi connectivity index (χ0) is 11.5. The van der Waals surface area contributed by atoms with E-state index in [9.17, 15) is 13.2 Å². The number of thiazole rings is 1. The minimum atomic E-state index is -4.13. The maximum absolute atomic E-state index is 12.0. The highest BCUT2D eigenvalue weighted by atomic mass is 32.1. The van der Waals surface area contributed by atoms with Crippen molar-refractivity contribution < 1.29 is 13.2 Å². The predicted octanol–water partition coefficient (Wildman–Crippen LogP) is 3.46. The minimum absolute atomic E-state index is 0.559. The number of nitrogens with zero attached hydrogens (tertiary/aromatic N) is 1. The van der Waals surface area contributed by atoms with E-state index in [0.29, 0.717) is 5.13 Å². The van der Waals surface area contributed by atoms with Crippen molar-refractivity contribution in [2.45, 2.75) is 38.9 Å². The molecule has 2 nitrogen and oxygen atoms in total. The van der Waals surface area contributed by atoms with Crippen molar-refractivity contribution in [1.29, 1.82) is 0 Å². The van der Waals surface area contributed by atoms with Crippen molar-refractivity contribution in [3.8, 4) is 0 Å². The molecule has 1 aromatic rings. The van der Waals surface area contributed by atoms with E-state index >= 15 is 0 Å². The summed E-state index contributed by atoms with van der Waals surface area (Å²) in [6.45, 7) is 3.46. The zero-order valence-corrected chi connectivity index (χ0v) is 9.37. The third-order valence-electron chi connectivity index (χ3n) is 1.82. The van der Waals surface area contributed by atoms with Gasteiger partial charge in [0.2, 0.25) is 0 Å². The van der Waals surface area contributed by atoms with E-state index < -0.39 is 18.6 Å². The fraction of sp³-hybridized carbons (Fsp3) is 0.667. The second-order valence-electron chi connectivity index (χ2n) is 3.36. The number of hydrogen-bond donors (Lipinski definition) is 1. The van der Waals surface area contributed by atoms with Crippen molar-refractivity contribution in [3.63, 3.8) is 0 Å². The lowest BCUT2D eigenvalue weighted by molar-refractivity contribution is -0.136. The molecule has 1 atom stereocenters. The Labute approximate surface area is 90.5 Å². The molecule has 0 spiro atoms. The molecular weight excluding hydrogens is 225 g/mol. The Balaban J connectivity index is 2.47. The molecule has 1 heterocycles. The van der Waals surface area contributed by atoms with Crippen LogP contribution in [0.2, 0.25) is 0 Å². The van der Waals surface area contributed by atoms with Crippen LogP contribution >= 0.6 is 11.3 Å². The maximum Gasteiger partial charge on any atom is 0.391 e. The summed E-state index contributed by atoms with van der Waals surface area (Å²) in [5.74, 6) is 0. The highest BCUT2D eigenvalue weighted by molar-refractivity contribution is 7.13. The monoisotopic (exact) mass is 238 g/mol. The van der Waals surface area contributed by atoms with Crippen LogP contribution in [0, 0.1) is 0 Å². The standard InChI is InChI=1S/C9H13F3N2S/c1-3-7-5-15-8(14-7)13-6(2)4-9(10,11)12/h5-6H,3-4H2,1-2H3,(H,13,14). The van der Waals surface area contributed by atoms with Crippen LogP contribution in [0.5, 0.6) is 0 Å². The Bertz CT molecular complexity index is 309. The molecule has 1 N–H and O–H groups in total. The summed E-state index contributed by atoms with van der Waals surface area (Å²) in [6.07, 6.45) is -4.17. The van der Waals surface area contributed by atoms with Gasteiger partial charge in [-0.25, -0.2) is 4.98 Å². The molecule has 6 heteroatoms. The largest absolute Gasteiger partial charge is 0.391 e. The summed E-state index contributed by atoms with van der Waals surface area (Å²) in [5, 5.41) is 5.15. The van der Waals surface area contributed by atoms with Crippen LogP contribution in [-0.2, 0) is 6.42 Å². The Morgan fingerprint density at radius 2 is 2.20 bits per heavy atom. The lowest BCUT2D eigenvalue weighted by Gasteiger charge is -2.14. The van der Waals surface area contributed by atoms with Crippen LogP contribution in [0.15, 0.2) is 5.38 Å². The van der Waals surface area contributed by atoms with Gasteiger partial charge in [0.1, 0.15) is 0 Å². The van der Waals surface area contributed by atoms with E-state index in [1.54, 1.807) is 0 Å². The van der Waals surface area contributed by atoms with Crippen LogP contribution in [-0.4, -0.2) is 17.2 Å². The second-order valence-corrected chi connectivity index (χ2v) is 4.22. The van der Waals surface area contributed by atoms with Crippen molar-refractivity contribution in [1.82, 2.24) is 4.98 Å². The number of anilines is 1. The van der Waals surface area contributed by atoms with E-state index in [1.165, 1.54) is 18.3 Å². The molecule has 0 saturated carbocycles. The second kappa shape index (κ2) is 4.83. The first-order valence-electron chi connectivity index (χ1n) is 4.68. The van der Waals surface area contributed by atoms with Crippen LogP contribution < -0.4 is 5.32 Å². The topological polar surface area (TPSA) is 24.9 Å². The van der Waals surface area contributed by atoms with Gasteiger partial charge in [-0.3, -0.25) is 0 Å². The molecule has 0 aliphatic rings. The van der Waals surface area contributed by atoms with E-state index in [4.69, 9.17) is 0 Å². The van der Waals surface area contributed by atoms with Gasteiger partial charge in [-0.05, 0) is 13.3 Å². The first kappa shape index (κ1) is 12.3. The fourth-order valence-electron chi connectivity index (χ4n) is 1.14. The molecular formula is C9H13F3N2S. The van der Waals surface area contributed by atoms with E-state index in [-0.39, 0.29) is 0 Å². The van der Waals surface area contributed by atoms with Gasteiger partial charge in [0.25, 0.3) is 0 Å². The van der Waals surface area contributed by atoms with Gasteiger partial charge in [0.15, 0.2) is 5.13 Å². The molecule has 0 fully saturated rings. The number of rotatable bonds is 4. The molecule has 0 bridgehead atoms. The number of aromatic nitrogens is 1. The van der Waals surface area contributed by atoms with E-state index in [1.807, 2.05) is 12.3 Å². The zero-order valence-electron chi connectivity index (χ0n) is 8.56. The predicted molar refractivity (Wildman–Crippen MR) is 55.2 cm³/mol. The third kappa shape index (κ3) is 4.51. The summed E-state index contributed by atoms with van der Waals surface area (Å²) >= 11 is 1.34. The lowest BCUT2D eigenvalue weighted by atomic mass is 10.2. The smallest absolute Gasteiger partial charge is 0.359 e. The Morgan fingerprint density at radius 3 is 2.67 bits per heavy atom. The summed E-state index contributed by atoms with van der Waals surface area (Å²) in [4.78, 5) is 4.14. The number of alkyl halides is 3. The molecule has 0 aromatic carbocycles. The van der Waals surface area contributed by atoms with Gasteiger partial charge in [-0.1, -0.05) is 6.92 Å². The quantitative estimate of drug-likeness (QED) is 0.868. The lowest BCUT2D eigenvalue weighted by Crippen LogP contribution is -2.23. The van der Waals surface area contributed by atoms with Gasteiger partial charge in [-0.2, -0.15) is 13.2 Å². The summed E-state index contributed by atoms with van der Waals surface area (Å²) in [7, 11) is 0. The first-order chi connectivity index (χ1) is 6.90. The number of hydrogen-bond acceptors (Lipinski definition) is 3. The summed E-state index contributed by atoms with van der Waals surface area (Å²) in [6, 6.07) is -0.638. The normalized spacial score (nSPS) is 13.9. The molecule has 1 aromatic heterocycles.